The highest BCUT2D eigenvalue weighted by molar-refractivity contribution is 6.20. The van der Waals surface area contributed by atoms with Gasteiger partial charge in [-0.2, -0.15) is 0 Å². The molecule has 0 atom stereocenters. The molecule has 0 bridgehead atoms. The molecule has 7 heteroatoms. The Morgan fingerprint density at radius 1 is 0.967 bits per heavy atom. The van der Waals surface area contributed by atoms with E-state index in [0.717, 1.165) is 10.5 Å². The van der Waals surface area contributed by atoms with Crippen LogP contribution in [-0.4, -0.2) is 37.5 Å². The number of benzene rings is 2. The van der Waals surface area contributed by atoms with Gasteiger partial charge in [0, 0.05) is 24.9 Å². The minimum absolute atomic E-state index is 0.209. The molecule has 1 fully saturated rings. The molecule has 0 unspecified atom stereocenters. The number of anilines is 1. The highest BCUT2D eigenvalue weighted by Gasteiger charge is 2.30. The number of hydrogen-bond donors (Lipinski definition) is 1. The lowest BCUT2D eigenvalue weighted by molar-refractivity contribution is -0.121. The van der Waals surface area contributed by atoms with E-state index < -0.39 is 0 Å². The molecule has 0 aliphatic carbocycles. The number of hydrogen-bond acceptors (Lipinski definition) is 5. The molecule has 0 aromatic heterocycles. The standard InChI is InChI=1S/C23H26N2O5/c1-3-29-19-9-8-16(14-20(19)30-4-2)12-13-24-23(28)17-6-5-7-18(15-17)25-21(26)10-11-22(25)27/h5-9,14-15H,3-4,10-13H2,1-2H3,(H,24,28). The Labute approximate surface area is 176 Å². The third-order valence-electron chi connectivity index (χ3n) is 4.73. The van der Waals surface area contributed by atoms with Crippen molar-refractivity contribution >= 4 is 23.4 Å². The van der Waals surface area contributed by atoms with Crippen LogP contribution < -0.4 is 19.7 Å². The number of carbonyl (C=O) groups excluding carboxylic acids is 3. The van der Waals surface area contributed by atoms with Gasteiger partial charge in [0.05, 0.1) is 18.9 Å². The maximum Gasteiger partial charge on any atom is 0.251 e. The van der Waals surface area contributed by atoms with E-state index in [2.05, 4.69) is 5.32 Å². The third-order valence-corrected chi connectivity index (χ3v) is 4.73. The number of rotatable bonds is 9. The van der Waals surface area contributed by atoms with Crippen molar-refractivity contribution in [3.63, 3.8) is 0 Å². The van der Waals surface area contributed by atoms with Crippen LogP contribution in [0.15, 0.2) is 42.5 Å². The molecular formula is C23H26N2O5. The van der Waals surface area contributed by atoms with Crippen LogP contribution in [0, 0.1) is 0 Å². The van der Waals surface area contributed by atoms with Crippen molar-refractivity contribution in [2.75, 3.05) is 24.7 Å². The molecule has 30 heavy (non-hydrogen) atoms. The second-order valence-electron chi connectivity index (χ2n) is 6.83. The maximum atomic E-state index is 12.5. The van der Waals surface area contributed by atoms with Crippen molar-refractivity contribution < 1.29 is 23.9 Å². The van der Waals surface area contributed by atoms with Crippen LogP contribution in [0.3, 0.4) is 0 Å². The Balaban J connectivity index is 1.61. The van der Waals surface area contributed by atoms with Crippen LogP contribution in [0.1, 0.15) is 42.6 Å². The van der Waals surface area contributed by atoms with Crippen LogP contribution in [0.4, 0.5) is 5.69 Å². The van der Waals surface area contributed by atoms with Gasteiger partial charge in [-0.25, -0.2) is 0 Å². The zero-order valence-electron chi connectivity index (χ0n) is 17.3. The van der Waals surface area contributed by atoms with E-state index in [4.69, 9.17) is 9.47 Å². The number of carbonyl (C=O) groups is 3. The van der Waals surface area contributed by atoms with Crippen molar-refractivity contribution in [2.24, 2.45) is 0 Å². The van der Waals surface area contributed by atoms with Crippen molar-refractivity contribution in [3.8, 4) is 11.5 Å². The monoisotopic (exact) mass is 410 g/mol. The van der Waals surface area contributed by atoms with E-state index in [1.165, 1.54) is 0 Å². The average molecular weight is 410 g/mol. The summed E-state index contributed by atoms with van der Waals surface area (Å²) in [7, 11) is 0. The first kappa shape index (κ1) is 21.4. The summed E-state index contributed by atoms with van der Waals surface area (Å²) in [5.74, 6) is 0.661. The fraction of sp³-hybridized carbons (Fsp3) is 0.348. The first-order chi connectivity index (χ1) is 14.5. The molecule has 3 amide bonds. The molecule has 158 valence electrons. The minimum atomic E-state index is -0.257. The van der Waals surface area contributed by atoms with Gasteiger partial charge in [0.25, 0.3) is 5.91 Å². The quantitative estimate of drug-likeness (QED) is 0.642. The molecule has 2 aromatic carbocycles. The van der Waals surface area contributed by atoms with E-state index in [1.807, 2.05) is 32.0 Å². The van der Waals surface area contributed by atoms with Crippen molar-refractivity contribution in [1.29, 1.82) is 0 Å². The predicted octanol–water partition coefficient (Wildman–Crippen LogP) is 3.11. The summed E-state index contributed by atoms with van der Waals surface area (Å²) in [6, 6.07) is 12.3. The fourth-order valence-corrected chi connectivity index (χ4v) is 3.32. The van der Waals surface area contributed by atoms with Gasteiger partial charge >= 0.3 is 0 Å². The lowest BCUT2D eigenvalue weighted by Crippen LogP contribution is -2.29. The lowest BCUT2D eigenvalue weighted by atomic mass is 10.1. The van der Waals surface area contributed by atoms with E-state index >= 15 is 0 Å². The van der Waals surface area contributed by atoms with Crippen molar-refractivity contribution in [3.05, 3.63) is 53.6 Å². The summed E-state index contributed by atoms with van der Waals surface area (Å²) in [6.07, 6.45) is 1.04. The minimum Gasteiger partial charge on any atom is -0.490 e. The summed E-state index contributed by atoms with van der Waals surface area (Å²) in [5.41, 5.74) is 1.86. The van der Waals surface area contributed by atoms with Crippen LogP contribution in [0.5, 0.6) is 11.5 Å². The molecule has 1 aliphatic rings. The van der Waals surface area contributed by atoms with Gasteiger partial charge in [-0.3, -0.25) is 19.3 Å². The van der Waals surface area contributed by atoms with Crippen LogP contribution in [0.2, 0.25) is 0 Å². The molecule has 0 spiro atoms. The van der Waals surface area contributed by atoms with Crippen molar-refractivity contribution in [2.45, 2.75) is 33.1 Å². The topological polar surface area (TPSA) is 84.9 Å². The van der Waals surface area contributed by atoms with Crippen molar-refractivity contribution in [1.82, 2.24) is 5.32 Å². The smallest absolute Gasteiger partial charge is 0.251 e. The zero-order valence-corrected chi connectivity index (χ0v) is 17.3. The molecular weight excluding hydrogens is 384 g/mol. The van der Waals surface area contributed by atoms with Gasteiger partial charge in [-0.15, -0.1) is 0 Å². The summed E-state index contributed by atoms with van der Waals surface area (Å²) in [5, 5.41) is 2.88. The highest BCUT2D eigenvalue weighted by atomic mass is 16.5. The van der Waals surface area contributed by atoms with Gasteiger partial charge in [0.2, 0.25) is 11.8 Å². The normalized spacial score (nSPS) is 13.5. The first-order valence-corrected chi connectivity index (χ1v) is 10.2. The Kier molecular flexibility index (Phi) is 7.06. The van der Waals surface area contributed by atoms with Crippen LogP contribution in [0.25, 0.3) is 0 Å². The first-order valence-electron chi connectivity index (χ1n) is 10.2. The Hall–Kier alpha value is -3.35. The number of imide groups is 1. The van der Waals surface area contributed by atoms with Crippen LogP contribution >= 0.6 is 0 Å². The second-order valence-corrected chi connectivity index (χ2v) is 6.83. The Morgan fingerprint density at radius 2 is 1.67 bits per heavy atom. The Bertz CT molecular complexity index is 925. The van der Waals surface area contributed by atoms with E-state index in [1.54, 1.807) is 24.3 Å². The molecule has 1 saturated heterocycles. The van der Waals surface area contributed by atoms with Gasteiger partial charge in [-0.1, -0.05) is 12.1 Å². The summed E-state index contributed by atoms with van der Waals surface area (Å²) in [4.78, 5) is 37.5. The largest absolute Gasteiger partial charge is 0.490 e. The summed E-state index contributed by atoms with van der Waals surface area (Å²) >= 11 is 0. The molecule has 7 nitrogen and oxygen atoms in total. The Morgan fingerprint density at radius 3 is 2.37 bits per heavy atom. The summed E-state index contributed by atoms with van der Waals surface area (Å²) < 4.78 is 11.2. The molecule has 3 rings (SSSR count). The van der Waals surface area contributed by atoms with Gasteiger partial charge in [0.1, 0.15) is 0 Å². The van der Waals surface area contributed by atoms with Crippen LogP contribution in [-0.2, 0) is 16.0 Å². The predicted molar refractivity (Wildman–Crippen MR) is 113 cm³/mol. The zero-order chi connectivity index (χ0) is 21.5. The van der Waals surface area contributed by atoms with E-state index in [0.29, 0.717) is 48.9 Å². The van der Waals surface area contributed by atoms with E-state index in [-0.39, 0.29) is 30.6 Å². The molecule has 1 aliphatic heterocycles. The molecule has 1 N–H and O–H groups in total. The molecule has 2 aromatic rings. The fourth-order valence-electron chi connectivity index (χ4n) is 3.32. The second kappa shape index (κ2) is 9.91. The number of nitrogens with one attached hydrogen (secondary N) is 1. The van der Waals surface area contributed by atoms with Gasteiger partial charge < -0.3 is 14.8 Å². The SMILES string of the molecule is CCOc1ccc(CCNC(=O)c2cccc(N3C(=O)CCC3=O)c2)cc1OCC. The van der Waals surface area contributed by atoms with Gasteiger partial charge in [0.15, 0.2) is 11.5 Å². The average Bonchev–Trinajstić information content (AvgIpc) is 3.08. The highest BCUT2D eigenvalue weighted by Crippen LogP contribution is 2.28. The lowest BCUT2D eigenvalue weighted by Gasteiger charge is -2.15. The molecule has 1 heterocycles. The van der Waals surface area contributed by atoms with E-state index in [9.17, 15) is 14.4 Å². The molecule has 0 saturated carbocycles. The number of ether oxygens (including phenoxy) is 2. The molecule has 0 radical (unpaired) electrons. The summed E-state index contributed by atoms with van der Waals surface area (Å²) in [6.45, 7) is 5.37. The number of amides is 3. The maximum absolute atomic E-state index is 12.5. The third kappa shape index (κ3) is 4.97. The number of nitrogens with zero attached hydrogens (tertiary/aromatic N) is 1. The van der Waals surface area contributed by atoms with Gasteiger partial charge in [-0.05, 0) is 56.2 Å².